The van der Waals surface area contributed by atoms with Crippen molar-refractivity contribution in [2.45, 2.75) is 40.7 Å². The van der Waals surface area contributed by atoms with Gasteiger partial charge in [0.25, 0.3) is 5.91 Å². The van der Waals surface area contributed by atoms with Crippen molar-refractivity contribution in [3.63, 3.8) is 0 Å². The third kappa shape index (κ3) is 4.33. The van der Waals surface area contributed by atoms with Gasteiger partial charge in [-0.2, -0.15) is 5.10 Å². The van der Waals surface area contributed by atoms with Crippen LogP contribution in [0.15, 0.2) is 30.3 Å². The molecule has 4 rings (SSSR count). The van der Waals surface area contributed by atoms with Gasteiger partial charge < -0.3 is 10.1 Å². The molecule has 166 valence electrons. The maximum atomic E-state index is 12.9. The van der Waals surface area contributed by atoms with Gasteiger partial charge >= 0.3 is 0 Å². The number of fused-ring (bicyclic) bond motifs is 1. The summed E-state index contributed by atoms with van der Waals surface area (Å²) in [5.74, 6) is 0.129. The van der Waals surface area contributed by atoms with E-state index in [0.717, 1.165) is 43.6 Å². The number of carbonyl (C=O) groups is 1. The van der Waals surface area contributed by atoms with Crippen LogP contribution in [0.1, 0.15) is 29.4 Å². The number of anilines is 1. The number of aromatic nitrogens is 3. The number of aryl methyl sites for hydroxylation is 4. The summed E-state index contributed by atoms with van der Waals surface area (Å²) in [6.45, 7) is 9.57. The molecule has 0 radical (unpaired) electrons. The van der Waals surface area contributed by atoms with Gasteiger partial charge in [-0.3, -0.25) is 4.79 Å². The highest BCUT2D eigenvalue weighted by atomic mass is 35.5. The van der Waals surface area contributed by atoms with Crippen LogP contribution in [0.3, 0.4) is 0 Å². The zero-order chi connectivity index (χ0) is 23.2. The maximum Gasteiger partial charge on any atom is 0.265 e. The van der Waals surface area contributed by atoms with Crippen LogP contribution in [0.2, 0.25) is 10.0 Å². The first-order valence-corrected chi connectivity index (χ1v) is 11.6. The quantitative estimate of drug-likeness (QED) is 0.351. The van der Waals surface area contributed by atoms with Crippen molar-refractivity contribution in [1.29, 1.82) is 0 Å². The van der Waals surface area contributed by atoms with E-state index < -0.39 is 6.10 Å². The SMILES string of the molecule is Cc1cc(C)n(-c2nc3cc(C)c(NC(=O)[C@H](C)Oc4ccc(Cl)cc4Cl)c(C)c3s2)n1. The Morgan fingerprint density at radius 3 is 2.56 bits per heavy atom. The van der Waals surface area contributed by atoms with Crippen molar-refractivity contribution in [3.8, 4) is 10.9 Å². The van der Waals surface area contributed by atoms with E-state index in [0.29, 0.717) is 15.8 Å². The molecule has 9 heteroatoms. The smallest absolute Gasteiger partial charge is 0.265 e. The number of hydrogen-bond acceptors (Lipinski definition) is 5. The first kappa shape index (κ1) is 22.6. The second kappa shape index (κ2) is 8.73. The molecule has 6 nitrogen and oxygen atoms in total. The van der Waals surface area contributed by atoms with Crippen LogP contribution in [-0.4, -0.2) is 26.8 Å². The predicted molar refractivity (Wildman–Crippen MR) is 131 cm³/mol. The minimum Gasteiger partial charge on any atom is -0.479 e. The normalized spacial score (nSPS) is 12.2. The number of thiazole rings is 1. The van der Waals surface area contributed by atoms with Crippen molar-refractivity contribution in [3.05, 3.63) is 62.9 Å². The molecule has 0 bridgehead atoms. The van der Waals surface area contributed by atoms with E-state index in [9.17, 15) is 4.79 Å². The number of hydrogen-bond donors (Lipinski definition) is 1. The van der Waals surface area contributed by atoms with E-state index in [2.05, 4.69) is 10.4 Å². The zero-order valence-electron chi connectivity index (χ0n) is 18.3. The first-order chi connectivity index (χ1) is 15.1. The Hall–Kier alpha value is -2.61. The zero-order valence-corrected chi connectivity index (χ0v) is 20.6. The lowest BCUT2D eigenvalue weighted by Gasteiger charge is -2.18. The Balaban J connectivity index is 1.61. The molecule has 1 atom stereocenters. The summed E-state index contributed by atoms with van der Waals surface area (Å²) in [6, 6.07) is 8.89. The van der Waals surface area contributed by atoms with E-state index in [1.165, 1.54) is 0 Å². The second-order valence-electron chi connectivity index (χ2n) is 7.70. The lowest BCUT2D eigenvalue weighted by atomic mass is 10.1. The third-order valence-electron chi connectivity index (χ3n) is 5.11. The standard InChI is InChI=1S/C23H22Cl2N4O2S/c1-11-8-18-21(32-23(26-18)29-13(3)9-12(2)28-29)14(4)20(11)27-22(30)15(5)31-19-7-6-16(24)10-17(19)25/h6-10,15H,1-5H3,(H,27,30)/t15-/m0/s1. The van der Waals surface area contributed by atoms with E-state index >= 15 is 0 Å². The number of carbonyl (C=O) groups excluding carboxylic acids is 1. The largest absolute Gasteiger partial charge is 0.479 e. The molecule has 0 saturated heterocycles. The molecule has 0 aliphatic rings. The molecule has 2 heterocycles. The summed E-state index contributed by atoms with van der Waals surface area (Å²) < 4.78 is 8.60. The molecule has 2 aromatic carbocycles. The molecule has 0 saturated carbocycles. The van der Waals surface area contributed by atoms with Gasteiger partial charge in [-0.15, -0.1) is 0 Å². The van der Waals surface area contributed by atoms with Gasteiger partial charge in [-0.05, 0) is 76.1 Å². The molecule has 1 amide bonds. The average Bonchev–Trinajstić information content (AvgIpc) is 3.29. The van der Waals surface area contributed by atoms with Crippen LogP contribution in [0.25, 0.3) is 15.3 Å². The van der Waals surface area contributed by atoms with Crippen LogP contribution in [0, 0.1) is 27.7 Å². The summed E-state index contributed by atoms with van der Waals surface area (Å²) in [6.07, 6.45) is -0.755. The monoisotopic (exact) mass is 488 g/mol. The number of nitrogens with zero attached hydrogens (tertiary/aromatic N) is 3. The van der Waals surface area contributed by atoms with Crippen molar-refractivity contribution in [2.75, 3.05) is 5.32 Å². The summed E-state index contributed by atoms with van der Waals surface area (Å²) in [5, 5.41) is 9.20. The molecule has 0 fully saturated rings. The molecule has 0 aliphatic heterocycles. The van der Waals surface area contributed by atoms with Gasteiger partial charge in [-0.25, -0.2) is 9.67 Å². The van der Waals surface area contributed by atoms with Gasteiger partial charge in [0.15, 0.2) is 6.10 Å². The van der Waals surface area contributed by atoms with Crippen molar-refractivity contribution in [1.82, 2.24) is 14.8 Å². The highest BCUT2D eigenvalue weighted by Gasteiger charge is 2.20. The van der Waals surface area contributed by atoms with Crippen LogP contribution in [0.4, 0.5) is 5.69 Å². The summed E-state index contributed by atoms with van der Waals surface area (Å²) in [7, 11) is 0. The maximum absolute atomic E-state index is 12.9. The minimum atomic E-state index is -0.755. The fourth-order valence-electron chi connectivity index (χ4n) is 3.52. The van der Waals surface area contributed by atoms with Crippen molar-refractivity contribution < 1.29 is 9.53 Å². The predicted octanol–water partition coefficient (Wildman–Crippen LogP) is 6.43. The van der Waals surface area contributed by atoms with Crippen LogP contribution in [0.5, 0.6) is 5.75 Å². The van der Waals surface area contributed by atoms with Crippen molar-refractivity contribution in [2.24, 2.45) is 0 Å². The van der Waals surface area contributed by atoms with E-state index in [1.54, 1.807) is 36.5 Å². The van der Waals surface area contributed by atoms with Gasteiger partial charge in [0.1, 0.15) is 5.75 Å². The molecule has 1 N–H and O–H groups in total. The average molecular weight is 489 g/mol. The fourth-order valence-corrected chi connectivity index (χ4v) is 5.03. The van der Waals surface area contributed by atoms with Crippen LogP contribution in [-0.2, 0) is 4.79 Å². The minimum absolute atomic E-state index is 0.273. The molecule has 0 unspecified atom stereocenters. The first-order valence-electron chi connectivity index (χ1n) is 10.0. The molecule has 0 aliphatic carbocycles. The third-order valence-corrected chi connectivity index (χ3v) is 6.81. The van der Waals surface area contributed by atoms with Crippen LogP contribution >= 0.6 is 34.5 Å². The lowest BCUT2D eigenvalue weighted by Crippen LogP contribution is -2.30. The number of ether oxygens (including phenoxy) is 1. The lowest BCUT2D eigenvalue weighted by molar-refractivity contribution is -0.122. The highest BCUT2D eigenvalue weighted by Crippen LogP contribution is 2.35. The van der Waals surface area contributed by atoms with Gasteiger partial charge in [0.05, 0.1) is 20.9 Å². The number of nitrogens with one attached hydrogen (secondary N) is 1. The second-order valence-corrected chi connectivity index (χ2v) is 9.52. The molecule has 2 aromatic heterocycles. The van der Waals surface area contributed by atoms with Gasteiger partial charge in [0, 0.05) is 16.4 Å². The van der Waals surface area contributed by atoms with Crippen molar-refractivity contribution >= 4 is 56.3 Å². The van der Waals surface area contributed by atoms with E-state index in [1.807, 2.05) is 44.5 Å². The Bertz CT molecular complexity index is 1350. The highest BCUT2D eigenvalue weighted by molar-refractivity contribution is 7.21. The number of amides is 1. The van der Waals surface area contributed by atoms with E-state index in [4.69, 9.17) is 32.9 Å². The molecular formula is C23H22Cl2N4O2S. The summed E-state index contributed by atoms with van der Waals surface area (Å²) in [4.78, 5) is 17.6. The molecule has 32 heavy (non-hydrogen) atoms. The molecular weight excluding hydrogens is 467 g/mol. The summed E-state index contributed by atoms with van der Waals surface area (Å²) in [5.41, 5.74) is 5.47. The summed E-state index contributed by atoms with van der Waals surface area (Å²) >= 11 is 13.6. The Kier molecular flexibility index (Phi) is 6.16. The van der Waals surface area contributed by atoms with Crippen LogP contribution < -0.4 is 10.1 Å². The Labute approximate surface area is 200 Å². The van der Waals surface area contributed by atoms with E-state index in [-0.39, 0.29) is 5.91 Å². The number of halogens is 2. The Morgan fingerprint density at radius 1 is 1.16 bits per heavy atom. The van der Waals surface area contributed by atoms with Gasteiger partial charge in [-0.1, -0.05) is 34.5 Å². The van der Waals surface area contributed by atoms with Gasteiger partial charge in [0.2, 0.25) is 5.13 Å². The molecule has 4 aromatic rings. The molecule has 0 spiro atoms. The number of rotatable bonds is 5. The topological polar surface area (TPSA) is 69.0 Å². The number of benzene rings is 2. The fraction of sp³-hybridized carbons (Fsp3) is 0.261. The Morgan fingerprint density at radius 2 is 1.91 bits per heavy atom.